The number of hydrogen-bond acceptors (Lipinski definition) is 6. The molecule has 0 aromatic carbocycles. The second-order valence-corrected chi connectivity index (χ2v) is 17.8. The van der Waals surface area contributed by atoms with E-state index in [0.717, 1.165) is 51.4 Å². The van der Waals surface area contributed by atoms with Crippen molar-refractivity contribution < 1.29 is 32.9 Å². The summed E-state index contributed by atoms with van der Waals surface area (Å²) in [4.78, 5) is 25.0. The molecule has 0 spiro atoms. The molecule has 1 amide bonds. The van der Waals surface area contributed by atoms with E-state index in [1.807, 2.05) is 21.1 Å². The minimum atomic E-state index is -4.54. The first-order chi connectivity index (χ1) is 26.0. The van der Waals surface area contributed by atoms with Gasteiger partial charge in [-0.05, 0) is 51.4 Å². The lowest BCUT2D eigenvalue weighted by molar-refractivity contribution is -0.870. The van der Waals surface area contributed by atoms with Gasteiger partial charge >= 0.3 is 0 Å². The summed E-state index contributed by atoms with van der Waals surface area (Å²) in [5, 5.41) is 13.5. The summed E-state index contributed by atoms with van der Waals surface area (Å²) in [5.74, 6) is -0.178. The van der Waals surface area contributed by atoms with Crippen LogP contribution in [0.25, 0.3) is 0 Å². The van der Waals surface area contributed by atoms with Crippen molar-refractivity contribution in [1.82, 2.24) is 5.32 Å². The number of phosphoric acid groups is 1. The van der Waals surface area contributed by atoms with Gasteiger partial charge in [-0.15, -0.1) is 0 Å². The number of aliphatic hydroxyl groups excluding tert-OH is 1. The molecule has 9 heteroatoms. The lowest BCUT2D eigenvalue weighted by Gasteiger charge is -2.30. The average molecular weight is 783 g/mol. The van der Waals surface area contributed by atoms with Crippen molar-refractivity contribution >= 4 is 13.7 Å². The second kappa shape index (κ2) is 37.3. The first-order valence-corrected chi connectivity index (χ1v) is 23.8. The molecule has 0 fully saturated rings. The van der Waals surface area contributed by atoms with Gasteiger partial charge in [0.1, 0.15) is 13.2 Å². The van der Waals surface area contributed by atoms with Gasteiger partial charge in [0.05, 0.1) is 39.9 Å². The maximum atomic E-state index is 12.7. The van der Waals surface area contributed by atoms with E-state index < -0.39 is 20.0 Å². The van der Waals surface area contributed by atoms with Crippen LogP contribution in [-0.4, -0.2) is 68.5 Å². The number of amides is 1. The number of phosphoric ester groups is 1. The molecule has 0 radical (unpaired) electrons. The Hall–Kier alpha value is -1.28. The van der Waals surface area contributed by atoms with Gasteiger partial charge in [-0.2, -0.15) is 0 Å². The van der Waals surface area contributed by atoms with Crippen LogP contribution in [0.4, 0.5) is 0 Å². The molecular formula is C45H87N2O6P. The van der Waals surface area contributed by atoms with Gasteiger partial charge in [0, 0.05) is 6.42 Å². The second-order valence-electron chi connectivity index (χ2n) is 16.4. The summed E-state index contributed by atoms with van der Waals surface area (Å²) in [5.41, 5.74) is 0. The summed E-state index contributed by atoms with van der Waals surface area (Å²) < 4.78 is 22.9. The van der Waals surface area contributed by atoms with Gasteiger partial charge in [0.15, 0.2) is 0 Å². The summed E-state index contributed by atoms with van der Waals surface area (Å²) in [6, 6.07) is -0.795. The molecule has 54 heavy (non-hydrogen) atoms. The fourth-order valence-corrected chi connectivity index (χ4v) is 7.00. The highest BCUT2D eigenvalue weighted by molar-refractivity contribution is 7.45. The third-order valence-electron chi connectivity index (χ3n) is 9.88. The molecule has 0 aliphatic rings. The van der Waals surface area contributed by atoms with E-state index in [-0.39, 0.29) is 19.1 Å². The zero-order valence-corrected chi connectivity index (χ0v) is 36.8. The lowest BCUT2D eigenvalue weighted by atomic mass is 10.0. The Bertz CT molecular complexity index is 980. The maximum absolute atomic E-state index is 12.7. The molecule has 0 aromatic heterocycles. The van der Waals surface area contributed by atoms with Crippen LogP contribution in [0.1, 0.15) is 194 Å². The molecule has 0 bridgehead atoms. The van der Waals surface area contributed by atoms with Crippen molar-refractivity contribution in [2.45, 2.75) is 206 Å². The van der Waals surface area contributed by atoms with E-state index in [1.54, 1.807) is 0 Å². The first kappa shape index (κ1) is 52.7. The minimum Gasteiger partial charge on any atom is -0.756 e. The molecule has 0 saturated heterocycles. The van der Waals surface area contributed by atoms with Crippen LogP contribution in [-0.2, 0) is 18.4 Å². The first-order valence-electron chi connectivity index (χ1n) is 22.3. The number of likely N-dealkylation sites (N-methyl/N-ethyl adjacent to an activating group) is 1. The lowest BCUT2D eigenvalue weighted by Crippen LogP contribution is -2.46. The Morgan fingerprint density at radius 1 is 0.648 bits per heavy atom. The van der Waals surface area contributed by atoms with E-state index in [2.05, 4.69) is 55.6 Å². The number of nitrogens with one attached hydrogen (secondary N) is 1. The Morgan fingerprint density at radius 2 is 1.07 bits per heavy atom. The third kappa shape index (κ3) is 39.0. The van der Waals surface area contributed by atoms with Crippen LogP contribution in [0.3, 0.4) is 0 Å². The van der Waals surface area contributed by atoms with Gasteiger partial charge < -0.3 is 28.8 Å². The number of unbranched alkanes of at least 4 members (excludes halogenated alkanes) is 21. The van der Waals surface area contributed by atoms with Crippen molar-refractivity contribution in [3.05, 3.63) is 36.5 Å². The zero-order chi connectivity index (χ0) is 40.0. The number of quaternary nitrogens is 1. The molecule has 0 heterocycles. The van der Waals surface area contributed by atoms with Gasteiger partial charge in [-0.1, -0.05) is 172 Å². The van der Waals surface area contributed by atoms with Crippen molar-refractivity contribution in [2.75, 3.05) is 40.9 Å². The van der Waals surface area contributed by atoms with E-state index in [9.17, 15) is 19.4 Å². The van der Waals surface area contributed by atoms with Crippen LogP contribution in [0.2, 0.25) is 0 Å². The van der Waals surface area contributed by atoms with Crippen molar-refractivity contribution in [3.63, 3.8) is 0 Å². The zero-order valence-electron chi connectivity index (χ0n) is 35.9. The molecule has 0 aromatic rings. The molecule has 3 unspecified atom stereocenters. The molecule has 0 aliphatic heterocycles. The van der Waals surface area contributed by atoms with E-state index >= 15 is 0 Å². The van der Waals surface area contributed by atoms with Crippen molar-refractivity contribution in [2.24, 2.45) is 0 Å². The fourth-order valence-electron chi connectivity index (χ4n) is 6.28. The number of nitrogens with zero attached hydrogens (tertiary/aromatic N) is 1. The Balaban J connectivity index is 3.82. The summed E-state index contributed by atoms with van der Waals surface area (Å²) in [7, 11) is 1.30. The SMILES string of the molecule is CCCCCCC/C=C\C/C=C\C/C=C\CCCCCCCCCCCCCCCCC(=O)NC(COP(=O)([O-])OCC[N+](C)(C)C)C(O)CCCCC. The highest BCUT2D eigenvalue weighted by Gasteiger charge is 2.24. The number of rotatable bonds is 40. The van der Waals surface area contributed by atoms with Crippen LogP contribution in [0.5, 0.6) is 0 Å². The Labute approximate surface area is 334 Å². The summed E-state index contributed by atoms with van der Waals surface area (Å²) >= 11 is 0. The molecule has 8 nitrogen and oxygen atoms in total. The Morgan fingerprint density at radius 3 is 1.56 bits per heavy atom. The van der Waals surface area contributed by atoms with Crippen LogP contribution < -0.4 is 10.2 Å². The quantitative estimate of drug-likeness (QED) is 0.0277. The molecule has 318 valence electrons. The predicted molar refractivity (Wildman–Crippen MR) is 228 cm³/mol. The van der Waals surface area contributed by atoms with Gasteiger partial charge in [0.25, 0.3) is 7.82 Å². The summed E-state index contributed by atoms with van der Waals surface area (Å²) in [6.07, 6.45) is 45.4. The Kier molecular flexibility index (Phi) is 36.4. The molecular weight excluding hydrogens is 695 g/mol. The van der Waals surface area contributed by atoms with E-state index in [1.165, 1.54) is 116 Å². The number of aliphatic hydroxyl groups is 1. The van der Waals surface area contributed by atoms with Crippen molar-refractivity contribution in [3.8, 4) is 0 Å². The van der Waals surface area contributed by atoms with Crippen LogP contribution in [0.15, 0.2) is 36.5 Å². The summed E-state index contributed by atoms with van der Waals surface area (Å²) in [6.45, 7) is 4.53. The maximum Gasteiger partial charge on any atom is 0.268 e. The van der Waals surface area contributed by atoms with Crippen LogP contribution in [0, 0.1) is 0 Å². The molecule has 2 N–H and O–H groups in total. The smallest absolute Gasteiger partial charge is 0.268 e. The number of hydrogen-bond donors (Lipinski definition) is 2. The fraction of sp³-hybridized carbons (Fsp3) is 0.844. The highest BCUT2D eigenvalue weighted by atomic mass is 31.2. The average Bonchev–Trinajstić information content (AvgIpc) is 3.12. The third-order valence-corrected chi connectivity index (χ3v) is 10.8. The van der Waals surface area contributed by atoms with Gasteiger partial charge in [0.2, 0.25) is 5.91 Å². The molecule has 0 saturated carbocycles. The standard InChI is InChI=1S/C45H87N2O6P/c1-6-8-10-11-12-13-14-15-16-17-18-19-20-21-22-23-24-25-26-27-28-29-30-31-32-33-34-35-37-39-45(49)46-43(44(48)38-36-9-7-2)42-53-54(50,51)52-41-40-47(3,4)5/h14-15,17-18,20-21,43-44,48H,6-13,16,19,22-42H2,1-5H3,(H-,46,49,50,51)/b15-14-,18-17-,21-20-. The number of carbonyl (C=O) groups is 1. The predicted octanol–water partition coefficient (Wildman–Crippen LogP) is 11.7. The molecule has 0 rings (SSSR count). The highest BCUT2D eigenvalue weighted by Crippen LogP contribution is 2.38. The number of allylic oxidation sites excluding steroid dienone is 6. The minimum absolute atomic E-state index is 0.0101. The molecule has 0 aliphatic carbocycles. The van der Waals surface area contributed by atoms with Gasteiger partial charge in [-0.3, -0.25) is 9.36 Å². The largest absolute Gasteiger partial charge is 0.756 e. The van der Waals surface area contributed by atoms with Crippen LogP contribution >= 0.6 is 7.82 Å². The van der Waals surface area contributed by atoms with Gasteiger partial charge in [-0.25, -0.2) is 0 Å². The van der Waals surface area contributed by atoms with Crippen molar-refractivity contribution in [1.29, 1.82) is 0 Å². The number of carbonyl (C=O) groups excluding carboxylic acids is 1. The monoisotopic (exact) mass is 783 g/mol. The molecule has 3 atom stereocenters. The van der Waals surface area contributed by atoms with E-state index in [0.29, 0.717) is 23.9 Å². The normalized spacial score (nSPS) is 14.7. The topological polar surface area (TPSA) is 108 Å². The van der Waals surface area contributed by atoms with E-state index in [4.69, 9.17) is 9.05 Å².